The van der Waals surface area contributed by atoms with Gasteiger partial charge >= 0.3 is 6.09 Å². The van der Waals surface area contributed by atoms with Crippen LogP contribution in [-0.2, 0) is 27.3 Å². The first kappa shape index (κ1) is 27.7. The fourth-order valence-corrected chi connectivity index (χ4v) is 7.10. The number of ether oxygens (including phenoxy) is 1. The third kappa shape index (κ3) is 5.56. The number of H-pyrrole nitrogens is 1. The average molecular weight is 624 g/mol. The second-order valence-electron chi connectivity index (χ2n) is 12.4. The summed E-state index contributed by atoms with van der Waals surface area (Å²) in [6, 6.07) is 5.14. The van der Waals surface area contributed by atoms with Crippen molar-refractivity contribution in [1.29, 1.82) is 0 Å². The van der Waals surface area contributed by atoms with Crippen LogP contribution < -0.4 is 5.32 Å². The first-order chi connectivity index (χ1) is 19.6. The zero-order valence-corrected chi connectivity index (χ0v) is 25.1. The highest BCUT2D eigenvalue weighted by Crippen LogP contribution is 2.42. The Morgan fingerprint density at radius 2 is 1.88 bits per heavy atom. The number of amides is 3. The molecule has 1 saturated carbocycles. The molecular weight excluding hydrogens is 588 g/mol. The first-order valence-corrected chi connectivity index (χ1v) is 15.0. The summed E-state index contributed by atoms with van der Waals surface area (Å²) < 4.78 is 6.56. The molecule has 6 rings (SSSR count). The van der Waals surface area contributed by atoms with E-state index in [9.17, 15) is 14.4 Å². The van der Waals surface area contributed by atoms with Crippen molar-refractivity contribution in [3.63, 3.8) is 0 Å². The number of halogens is 1. The Morgan fingerprint density at radius 1 is 1.10 bits per heavy atom. The number of anilines is 1. The average Bonchev–Trinajstić information content (AvgIpc) is 3.58. The molecule has 2 fully saturated rings. The molecule has 216 valence electrons. The number of aromatic nitrogens is 3. The Hall–Kier alpha value is -3.47. The summed E-state index contributed by atoms with van der Waals surface area (Å²) in [5.41, 5.74) is 2.42. The van der Waals surface area contributed by atoms with Gasteiger partial charge in [0.15, 0.2) is 0 Å². The fraction of sp³-hybridized carbons (Fsp3) is 0.500. The van der Waals surface area contributed by atoms with Crippen LogP contribution in [0.3, 0.4) is 0 Å². The highest BCUT2D eigenvalue weighted by Gasteiger charge is 2.47. The van der Waals surface area contributed by atoms with Gasteiger partial charge in [0, 0.05) is 59.4 Å². The maximum atomic E-state index is 14.1. The lowest BCUT2D eigenvalue weighted by atomic mass is 9.73. The van der Waals surface area contributed by atoms with E-state index < -0.39 is 17.7 Å². The molecular formula is C30H35BrN6O4. The van der Waals surface area contributed by atoms with Crippen molar-refractivity contribution in [2.75, 3.05) is 18.4 Å². The lowest BCUT2D eigenvalue weighted by molar-refractivity contribution is -0.137. The topological polar surface area (TPSA) is 121 Å². The number of nitrogens with one attached hydrogen (secondary N) is 2. The lowest BCUT2D eigenvalue weighted by Gasteiger charge is -2.37. The molecule has 0 radical (unpaired) electrons. The fourth-order valence-electron chi connectivity index (χ4n) is 6.64. The summed E-state index contributed by atoms with van der Waals surface area (Å²) in [5.74, 6) is -0.0240. The molecule has 1 aromatic carbocycles. The summed E-state index contributed by atoms with van der Waals surface area (Å²) in [6.07, 6.45) is 7.53. The van der Waals surface area contributed by atoms with E-state index >= 15 is 0 Å². The van der Waals surface area contributed by atoms with Crippen molar-refractivity contribution < 1.29 is 19.1 Å². The van der Waals surface area contributed by atoms with E-state index in [1.165, 1.54) is 4.90 Å². The van der Waals surface area contributed by atoms with Crippen molar-refractivity contribution in [2.45, 2.75) is 64.6 Å². The van der Waals surface area contributed by atoms with E-state index in [2.05, 4.69) is 36.2 Å². The number of carbonyl (C=O) groups excluding carboxylic acids is 3. The number of carbonyl (C=O) groups is 3. The van der Waals surface area contributed by atoms with E-state index in [0.29, 0.717) is 18.8 Å². The molecule has 2 N–H and O–H groups in total. The van der Waals surface area contributed by atoms with Crippen molar-refractivity contribution in [2.24, 2.45) is 17.8 Å². The van der Waals surface area contributed by atoms with Crippen LogP contribution in [0.5, 0.6) is 0 Å². The Labute approximate surface area is 247 Å². The number of likely N-dealkylation sites (tertiary alicyclic amines) is 1. The summed E-state index contributed by atoms with van der Waals surface area (Å²) in [4.78, 5) is 56.4. The lowest BCUT2D eigenvalue weighted by Crippen LogP contribution is -2.54. The third-order valence-electron chi connectivity index (χ3n) is 8.50. The summed E-state index contributed by atoms with van der Waals surface area (Å²) >= 11 is 3.54. The van der Waals surface area contributed by atoms with Crippen LogP contribution in [0.25, 0.3) is 10.9 Å². The van der Waals surface area contributed by atoms with Gasteiger partial charge in [-0.3, -0.25) is 24.5 Å². The van der Waals surface area contributed by atoms with Gasteiger partial charge in [0.25, 0.3) is 0 Å². The minimum Gasteiger partial charge on any atom is -0.444 e. The van der Waals surface area contributed by atoms with E-state index in [-0.39, 0.29) is 42.5 Å². The van der Waals surface area contributed by atoms with Crippen LogP contribution in [0.2, 0.25) is 0 Å². The maximum Gasteiger partial charge on any atom is 0.411 e. The predicted octanol–water partition coefficient (Wildman–Crippen LogP) is 4.90. The highest BCUT2D eigenvalue weighted by atomic mass is 79.9. The number of fused-ring (bicyclic) bond motifs is 3. The van der Waals surface area contributed by atoms with Gasteiger partial charge in [-0.05, 0) is 63.6 Å². The van der Waals surface area contributed by atoms with Gasteiger partial charge in [-0.1, -0.05) is 22.4 Å². The largest absolute Gasteiger partial charge is 0.444 e. The van der Waals surface area contributed by atoms with Crippen molar-refractivity contribution >= 4 is 50.4 Å². The number of aromatic amines is 1. The Bertz CT molecular complexity index is 1500. The predicted molar refractivity (Wildman–Crippen MR) is 157 cm³/mol. The van der Waals surface area contributed by atoms with E-state index in [4.69, 9.17) is 4.74 Å². The molecule has 2 aliphatic heterocycles. The minimum atomic E-state index is -0.731. The smallest absolute Gasteiger partial charge is 0.411 e. The Morgan fingerprint density at radius 3 is 2.66 bits per heavy atom. The molecule has 2 aromatic heterocycles. The van der Waals surface area contributed by atoms with Gasteiger partial charge in [0.05, 0.1) is 23.6 Å². The molecule has 41 heavy (non-hydrogen) atoms. The standard InChI is InChI=1S/C30H35BrN6O4/c1-30(2,3)41-29(40)37-16-25-24(33-9-10-34-25)13-26(37)28(39)36-14-17-5-4-6-19(21(17)15-36)27(38)35-23-12-18(31)11-22-20(23)7-8-32-22/h7-12,17,19,21,26,32H,4-6,13-16H2,1-3H3,(H,35,38)/t17-,19-,21+,26?/m1/s1. The molecule has 0 spiro atoms. The van der Waals surface area contributed by atoms with Crippen LogP contribution in [-0.4, -0.2) is 67.4 Å². The number of nitrogens with zero attached hydrogens (tertiary/aromatic N) is 4. The number of hydrogen-bond donors (Lipinski definition) is 2. The molecule has 1 aliphatic carbocycles. The first-order valence-electron chi connectivity index (χ1n) is 14.2. The summed E-state index contributed by atoms with van der Waals surface area (Å²) in [5, 5.41) is 4.14. The van der Waals surface area contributed by atoms with Gasteiger partial charge in [0.1, 0.15) is 11.6 Å². The van der Waals surface area contributed by atoms with E-state index in [1.54, 1.807) is 12.4 Å². The molecule has 10 nitrogen and oxygen atoms in total. The molecule has 4 atom stereocenters. The molecule has 1 saturated heterocycles. The molecule has 11 heteroatoms. The van der Waals surface area contributed by atoms with Crippen LogP contribution in [0.1, 0.15) is 51.4 Å². The SMILES string of the molecule is CC(C)(C)OC(=O)N1Cc2nccnc2CC1C(=O)N1C[C@H]2CCC[C@@H](C(=O)Nc3cc(Br)cc4[nH]ccc34)[C@H]2C1. The molecule has 1 unspecified atom stereocenters. The molecule has 3 aromatic rings. The zero-order valence-electron chi connectivity index (χ0n) is 23.5. The molecule has 0 bridgehead atoms. The van der Waals surface area contributed by atoms with Crippen LogP contribution in [0.4, 0.5) is 10.5 Å². The number of benzene rings is 1. The quantitative estimate of drug-likeness (QED) is 0.429. The second kappa shape index (κ2) is 10.7. The van der Waals surface area contributed by atoms with Crippen molar-refractivity contribution in [3.05, 3.63) is 52.7 Å². The molecule has 3 aliphatic rings. The van der Waals surface area contributed by atoms with Crippen molar-refractivity contribution in [3.8, 4) is 0 Å². The normalized spacial score (nSPS) is 24.1. The Kier molecular flexibility index (Phi) is 7.25. The molecule has 3 amide bonds. The van der Waals surface area contributed by atoms with Gasteiger partial charge in [-0.25, -0.2) is 4.79 Å². The van der Waals surface area contributed by atoms with Crippen LogP contribution >= 0.6 is 15.9 Å². The second-order valence-corrected chi connectivity index (χ2v) is 13.3. The monoisotopic (exact) mass is 622 g/mol. The number of rotatable bonds is 3. The zero-order chi connectivity index (χ0) is 28.9. The third-order valence-corrected chi connectivity index (χ3v) is 8.95. The van der Waals surface area contributed by atoms with Gasteiger partial charge in [0.2, 0.25) is 11.8 Å². The van der Waals surface area contributed by atoms with E-state index in [1.807, 2.05) is 50.1 Å². The van der Waals surface area contributed by atoms with E-state index in [0.717, 1.165) is 46.0 Å². The van der Waals surface area contributed by atoms with Crippen molar-refractivity contribution in [1.82, 2.24) is 24.8 Å². The van der Waals surface area contributed by atoms with Gasteiger partial charge in [-0.15, -0.1) is 0 Å². The van der Waals surface area contributed by atoms with Gasteiger partial charge in [-0.2, -0.15) is 0 Å². The van der Waals surface area contributed by atoms with Gasteiger partial charge < -0.3 is 19.9 Å². The number of hydrogen-bond acceptors (Lipinski definition) is 6. The molecule has 4 heterocycles. The summed E-state index contributed by atoms with van der Waals surface area (Å²) in [7, 11) is 0. The maximum absolute atomic E-state index is 14.1. The Balaban J connectivity index is 1.20. The summed E-state index contributed by atoms with van der Waals surface area (Å²) in [6.45, 7) is 6.67. The minimum absolute atomic E-state index is 0.00755. The van der Waals surface area contributed by atoms with Crippen LogP contribution in [0.15, 0.2) is 41.3 Å². The highest BCUT2D eigenvalue weighted by molar-refractivity contribution is 9.10. The van der Waals surface area contributed by atoms with Crippen LogP contribution in [0, 0.1) is 17.8 Å².